The summed E-state index contributed by atoms with van der Waals surface area (Å²) in [5.74, 6) is -0.875. The SMILES string of the molecule is CCC(C(=O)NC(C)C)N(Cc1ccc(Cl)c(Cl)c1)C(=O)CN(c1ccc(Cl)cc1)S(C)(=O)=O. The molecule has 2 aromatic carbocycles. The molecular weight excluding hydrogens is 521 g/mol. The van der Waals surface area contributed by atoms with Crippen LogP contribution in [-0.4, -0.2) is 50.0 Å². The number of nitrogens with zero attached hydrogens (tertiary/aromatic N) is 2. The fourth-order valence-corrected chi connectivity index (χ4v) is 4.65. The van der Waals surface area contributed by atoms with Crippen LogP contribution in [0.25, 0.3) is 0 Å². The van der Waals surface area contributed by atoms with Crippen LogP contribution in [0.15, 0.2) is 42.5 Å². The molecule has 186 valence electrons. The smallest absolute Gasteiger partial charge is 0.244 e. The van der Waals surface area contributed by atoms with Crippen LogP contribution in [-0.2, 0) is 26.2 Å². The van der Waals surface area contributed by atoms with E-state index in [-0.39, 0.29) is 24.2 Å². The lowest BCUT2D eigenvalue weighted by Gasteiger charge is -2.33. The van der Waals surface area contributed by atoms with Crippen molar-refractivity contribution < 1.29 is 18.0 Å². The van der Waals surface area contributed by atoms with E-state index < -0.39 is 28.5 Å². The van der Waals surface area contributed by atoms with Gasteiger partial charge in [0, 0.05) is 17.6 Å². The number of benzene rings is 2. The molecule has 0 aliphatic rings. The first-order valence-corrected chi connectivity index (χ1v) is 13.6. The summed E-state index contributed by atoms with van der Waals surface area (Å²) in [7, 11) is -3.81. The van der Waals surface area contributed by atoms with Gasteiger partial charge in [0.2, 0.25) is 21.8 Å². The third kappa shape index (κ3) is 7.77. The quantitative estimate of drug-likeness (QED) is 0.464. The number of hydrogen-bond donors (Lipinski definition) is 1. The van der Waals surface area contributed by atoms with Crippen molar-refractivity contribution in [3.05, 3.63) is 63.1 Å². The number of nitrogens with one attached hydrogen (secondary N) is 1. The molecule has 0 aliphatic heterocycles. The van der Waals surface area contributed by atoms with Gasteiger partial charge in [-0.3, -0.25) is 13.9 Å². The Labute approximate surface area is 216 Å². The Morgan fingerprint density at radius 2 is 1.62 bits per heavy atom. The molecule has 0 heterocycles. The highest BCUT2D eigenvalue weighted by Crippen LogP contribution is 2.25. The Bertz CT molecular complexity index is 1120. The van der Waals surface area contributed by atoms with Gasteiger partial charge >= 0.3 is 0 Å². The molecule has 0 fully saturated rings. The molecule has 0 aliphatic carbocycles. The molecule has 0 spiro atoms. The molecule has 2 amide bonds. The maximum Gasteiger partial charge on any atom is 0.244 e. The molecule has 0 aromatic heterocycles. The van der Waals surface area contributed by atoms with E-state index in [2.05, 4.69) is 5.32 Å². The molecular formula is C23H28Cl3N3O4S. The number of halogens is 3. The third-order valence-electron chi connectivity index (χ3n) is 4.95. The topological polar surface area (TPSA) is 86.8 Å². The summed E-state index contributed by atoms with van der Waals surface area (Å²) in [6.07, 6.45) is 1.34. The Morgan fingerprint density at radius 3 is 2.12 bits per heavy atom. The van der Waals surface area contributed by atoms with Gasteiger partial charge in [0.05, 0.1) is 22.0 Å². The average molecular weight is 549 g/mol. The van der Waals surface area contributed by atoms with Gasteiger partial charge in [0.15, 0.2) is 0 Å². The number of carbonyl (C=O) groups is 2. The zero-order chi connectivity index (χ0) is 25.6. The van der Waals surface area contributed by atoms with Crippen molar-refractivity contribution in [2.75, 3.05) is 17.1 Å². The second-order valence-electron chi connectivity index (χ2n) is 8.10. The Hall–Kier alpha value is -2.00. The van der Waals surface area contributed by atoms with Gasteiger partial charge in [-0.1, -0.05) is 47.8 Å². The van der Waals surface area contributed by atoms with Crippen molar-refractivity contribution in [2.24, 2.45) is 0 Å². The molecule has 7 nitrogen and oxygen atoms in total. The largest absolute Gasteiger partial charge is 0.352 e. The normalized spacial score (nSPS) is 12.4. The van der Waals surface area contributed by atoms with E-state index in [1.165, 1.54) is 29.2 Å². The van der Waals surface area contributed by atoms with E-state index in [0.29, 0.717) is 27.1 Å². The van der Waals surface area contributed by atoms with E-state index >= 15 is 0 Å². The van der Waals surface area contributed by atoms with Crippen LogP contribution in [0.5, 0.6) is 0 Å². The summed E-state index contributed by atoms with van der Waals surface area (Å²) in [5.41, 5.74) is 0.936. The summed E-state index contributed by atoms with van der Waals surface area (Å²) in [6.45, 7) is 4.97. The van der Waals surface area contributed by atoms with Gasteiger partial charge in [0.1, 0.15) is 12.6 Å². The van der Waals surface area contributed by atoms with Crippen LogP contribution in [0.1, 0.15) is 32.8 Å². The minimum Gasteiger partial charge on any atom is -0.352 e. The first kappa shape index (κ1) is 28.2. The van der Waals surface area contributed by atoms with E-state index in [4.69, 9.17) is 34.8 Å². The van der Waals surface area contributed by atoms with Crippen LogP contribution in [0.4, 0.5) is 5.69 Å². The minimum atomic E-state index is -3.81. The van der Waals surface area contributed by atoms with Gasteiger partial charge < -0.3 is 10.2 Å². The fourth-order valence-electron chi connectivity index (χ4n) is 3.36. The number of rotatable bonds is 10. The highest BCUT2D eigenvalue weighted by atomic mass is 35.5. The van der Waals surface area contributed by atoms with E-state index in [9.17, 15) is 18.0 Å². The maximum absolute atomic E-state index is 13.5. The lowest BCUT2D eigenvalue weighted by Crippen LogP contribution is -2.53. The average Bonchev–Trinajstić information content (AvgIpc) is 2.73. The van der Waals surface area contributed by atoms with E-state index in [1.807, 2.05) is 13.8 Å². The van der Waals surface area contributed by atoms with Crippen molar-refractivity contribution in [3.63, 3.8) is 0 Å². The zero-order valence-electron chi connectivity index (χ0n) is 19.4. The van der Waals surface area contributed by atoms with Gasteiger partial charge in [0.25, 0.3) is 0 Å². The molecule has 0 saturated heterocycles. The van der Waals surface area contributed by atoms with Gasteiger partial charge in [-0.25, -0.2) is 8.42 Å². The molecule has 2 aromatic rings. The van der Waals surface area contributed by atoms with Crippen molar-refractivity contribution in [3.8, 4) is 0 Å². The standard InChI is InChI=1S/C23H28Cl3N3O4S/c1-5-21(23(31)27-15(2)3)28(13-16-6-11-19(25)20(26)12-16)22(30)14-29(34(4,32)33)18-9-7-17(24)8-10-18/h6-12,15,21H,5,13-14H2,1-4H3,(H,27,31). The minimum absolute atomic E-state index is 0.0396. The Balaban J connectivity index is 2.45. The number of amides is 2. The van der Waals surface area contributed by atoms with Crippen LogP contribution in [0.3, 0.4) is 0 Å². The first-order valence-electron chi connectivity index (χ1n) is 10.6. The summed E-state index contributed by atoms with van der Waals surface area (Å²) < 4.78 is 26.1. The highest BCUT2D eigenvalue weighted by Gasteiger charge is 2.32. The second-order valence-corrected chi connectivity index (χ2v) is 11.3. The van der Waals surface area contributed by atoms with Crippen molar-refractivity contribution in [1.82, 2.24) is 10.2 Å². The molecule has 0 bridgehead atoms. The van der Waals surface area contributed by atoms with Crippen LogP contribution in [0.2, 0.25) is 15.1 Å². The molecule has 1 unspecified atom stereocenters. The molecule has 1 atom stereocenters. The number of hydrogen-bond acceptors (Lipinski definition) is 4. The van der Waals surface area contributed by atoms with E-state index in [0.717, 1.165) is 10.6 Å². The lowest BCUT2D eigenvalue weighted by molar-refractivity contribution is -0.140. The summed E-state index contributed by atoms with van der Waals surface area (Å²) in [5, 5.41) is 3.93. The van der Waals surface area contributed by atoms with Crippen LogP contribution < -0.4 is 9.62 Å². The Morgan fingerprint density at radius 1 is 1.00 bits per heavy atom. The summed E-state index contributed by atoms with van der Waals surface area (Å²) in [6, 6.07) is 10.1. The summed E-state index contributed by atoms with van der Waals surface area (Å²) >= 11 is 18.1. The molecule has 11 heteroatoms. The monoisotopic (exact) mass is 547 g/mol. The van der Waals surface area contributed by atoms with Crippen molar-refractivity contribution >= 4 is 62.3 Å². The number of sulfonamides is 1. The van der Waals surface area contributed by atoms with Crippen LogP contribution >= 0.6 is 34.8 Å². The number of carbonyl (C=O) groups excluding carboxylic acids is 2. The number of anilines is 1. The van der Waals surface area contributed by atoms with Crippen molar-refractivity contribution in [2.45, 2.75) is 45.8 Å². The van der Waals surface area contributed by atoms with Gasteiger partial charge in [-0.2, -0.15) is 0 Å². The van der Waals surface area contributed by atoms with Gasteiger partial charge in [-0.15, -0.1) is 0 Å². The lowest BCUT2D eigenvalue weighted by atomic mass is 10.1. The predicted molar refractivity (Wildman–Crippen MR) is 138 cm³/mol. The van der Waals surface area contributed by atoms with E-state index in [1.54, 1.807) is 25.1 Å². The first-order chi connectivity index (χ1) is 15.8. The van der Waals surface area contributed by atoms with Crippen molar-refractivity contribution in [1.29, 1.82) is 0 Å². The predicted octanol–water partition coefficient (Wildman–Crippen LogP) is 4.74. The molecule has 2 rings (SSSR count). The summed E-state index contributed by atoms with van der Waals surface area (Å²) in [4.78, 5) is 27.8. The highest BCUT2D eigenvalue weighted by molar-refractivity contribution is 7.92. The Kier molecular flexibility index (Phi) is 10.1. The fraction of sp³-hybridized carbons (Fsp3) is 0.391. The van der Waals surface area contributed by atoms with Gasteiger partial charge in [-0.05, 0) is 62.2 Å². The molecule has 1 N–H and O–H groups in total. The second kappa shape index (κ2) is 12.1. The molecule has 34 heavy (non-hydrogen) atoms. The zero-order valence-corrected chi connectivity index (χ0v) is 22.5. The molecule has 0 radical (unpaired) electrons. The third-order valence-corrected chi connectivity index (χ3v) is 7.08. The maximum atomic E-state index is 13.5. The van der Waals surface area contributed by atoms with Crippen LogP contribution in [0, 0.1) is 0 Å². The molecule has 0 saturated carbocycles.